The monoisotopic (exact) mass is 280 g/mol. The van der Waals surface area contributed by atoms with Gasteiger partial charge < -0.3 is 29.5 Å². The molecule has 0 radical (unpaired) electrons. The predicted molar refractivity (Wildman–Crippen MR) is 71.0 cm³/mol. The van der Waals surface area contributed by atoms with Crippen LogP contribution in [0.25, 0.3) is 0 Å². The summed E-state index contributed by atoms with van der Waals surface area (Å²) in [6.45, 7) is 7.71. The van der Waals surface area contributed by atoms with Gasteiger partial charge in [-0.2, -0.15) is 0 Å². The average Bonchev–Trinajstić information content (AvgIpc) is 2.22. The van der Waals surface area contributed by atoms with E-state index in [1.165, 1.54) is 0 Å². The third-order valence-corrected chi connectivity index (χ3v) is 1.99. The number of hydrogen-bond donors (Lipinski definition) is 3. The summed E-state index contributed by atoms with van der Waals surface area (Å²) in [6.07, 6.45) is -1.43. The lowest BCUT2D eigenvalue weighted by molar-refractivity contribution is -0.103. The molecule has 0 aliphatic carbocycles. The molecule has 0 saturated carbocycles. The highest BCUT2D eigenvalue weighted by atomic mass is 16.6. The molecule has 19 heavy (non-hydrogen) atoms. The van der Waals surface area contributed by atoms with Gasteiger partial charge in [-0.3, -0.25) is 0 Å². The van der Waals surface area contributed by atoms with Crippen molar-refractivity contribution in [2.45, 2.75) is 51.6 Å². The Hall–Kier alpha value is -0.240. The van der Waals surface area contributed by atoms with Crippen LogP contribution in [0.2, 0.25) is 0 Å². The summed E-state index contributed by atoms with van der Waals surface area (Å²) in [6, 6.07) is 0. The minimum atomic E-state index is -0.894. The maximum Gasteiger partial charge on any atom is 0.104 e. The van der Waals surface area contributed by atoms with Crippen LogP contribution in [0.5, 0.6) is 0 Å². The van der Waals surface area contributed by atoms with Crippen LogP contribution in [-0.2, 0) is 14.2 Å². The van der Waals surface area contributed by atoms with Crippen molar-refractivity contribution in [3.05, 3.63) is 0 Å². The van der Waals surface area contributed by atoms with Crippen LogP contribution in [0.1, 0.15) is 27.7 Å². The summed E-state index contributed by atoms with van der Waals surface area (Å²) in [5.74, 6) is 0. The maximum atomic E-state index is 9.53. The van der Waals surface area contributed by atoms with Gasteiger partial charge in [0.25, 0.3) is 0 Å². The number of rotatable bonds is 11. The van der Waals surface area contributed by atoms with Crippen molar-refractivity contribution in [3.8, 4) is 0 Å². The minimum Gasteiger partial charge on any atom is -0.391 e. The van der Waals surface area contributed by atoms with Gasteiger partial charge in [-0.25, -0.2) is 0 Å². The van der Waals surface area contributed by atoms with Gasteiger partial charge in [0.1, 0.15) is 6.10 Å². The van der Waals surface area contributed by atoms with Crippen molar-refractivity contribution in [3.63, 3.8) is 0 Å². The average molecular weight is 280 g/mol. The van der Waals surface area contributed by atoms with Crippen molar-refractivity contribution in [2.75, 3.05) is 33.0 Å². The summed E-state index contributed by atoms with van der Waals surface area (Å²) < 4.78 is 16.1. The summed E-state index contributed by atoms with van der Waals surface area (Å²) in [5.41, 5.74) is -0.894. The molecule has 0 aromatic carbocycles. The fraction of sp³-hybridized carbons (Fsp3) is 1.00. The number of aliphatic hydroxyl groups is 3. The van der Waals surface area contributed by atoms with Crippen LogP contribution in [0.3, 0.4) is 0 Å². The van der Waals surface area contributed by atoms with E-state index in [0.717, 1.165) is 0 Å². The minimum absolute atomic E-state index is 0.189. The van der Waals surface area contributed by atoms with Gasteiger partial charge in [-0.05, 0) is 27.7 Å². The van der Waals surface area contributed by atoms with E-state index >= 15 is 0 Å². The number of aliphatic hydroxyl groups excluding tert-OH is 2. The van der Waals surface area contributed by atoms with Crippen molar-refractivity contribution in [2.24, 2.45) is 0 Å². The van der Waals surface area contributed by atoms with Gasteiger partial charge in [-0.15, -0.1) is 0 Å². The number of ether oxygens (including phenoxy) is 3. The topological polar surface area (TPSA) is 88.4 Å². The second-order valence-corrected chi connectivity index (χ2v) is 5.52. The molecule has 0 aromatic heterocycles. The fourth-order valence-corrected chi connectivity index (χ4v) is 1.23. The van der Waals surface area contributed by atoms with Crippen molar-refractivity contribution >= 4 is 0 Å². The zero-order valence-electron chi connectivity index (χ0n) is 12.3. The lowest BCUT2D eigenvalue weighted by Crippen LogP contribution is -2.33. The first kappa shape index (κ1) is 18.8. The van der Waals surface area contributed by atoms with Crippen molar-refractivity contribution < 1.29 is 29.5 Å². The van der Waals surface area contributed by atoms with E-state index in [0.29, 0.717) is 0 Å². The molecular formula is C13H28O6. The van der Waals surface area contributed by atoms with Crippen LogP contribution < -0.4 is 0 Å². The lowest BCUT2D eigenvalue weighted by Gasteiger charge is -2.22. The smallest absolute Gasteiger partial charge is 0.104 e. The van der Waals surface area contributed by atoms with Gasteiger partial charge in [-0.1, -0.05) is 0 Å². The first-order valence-corrected chi connectivity index (χ1v) is 6.56. The molecule has 3 N–H and O–H groups in total. The maximum absolute atomic E-state index is 9.53. The van der Waals surface area contributed by atoms with Crippen LogP contribution in [0.4, 0.5) is 0 Å². The van der Waals surface area contributed by atoms with Gasteiger partial charge >= 0.3 is 0 Å². The Labute approximate surface area is 115 Å². The molecule has 116 valence electrons. The molecule has 0 saturated heterocycles. The Morgan fingerprint density at radius 3 is 1.89 bits per heavy atom. The normalized spacial score (nSPS) is 17.2. The molecule has 0 fully saturated rings. The first-order chi connectivity index (χ1) is 8.70. The van der Waals surface area contributed by atoms with Crippen LogP contribution in [-0.4, -0.2) is 72.3 Å². The molecule has 0 aliphatic heterocycles. The van der Waals surface area contributed by atoms with E-state index in [1.54, 1.807) is 27.7 Å². The Kier molecular flexibility index (Phi) is 9.51. The van der Waals surface area contributed by atoms with E-state index in [4.69, 9.17) is 19.3 Å². The summed E-state index contributed by atoms with van der Waals surface area (Å²) in [7, 11) is 0. The predicted octanol–water partition coefficient (Wildman–Crippen LogP) is -0.0627. The van der Waals surface area contributed by atoms with Crippen LogP contribution in [0, 0.1) is 0 Å². The van der Waals surface area contributed by atoms with E-state index in [2.05, 4.69) is 0 Å². The van der Waals surface area contributed by atoms with Gasteiger partial charge in [0.05, 0.1) is 50.8 Å². The molecule has 6 nitrogen and oxygen atoms in total. The first-order valence-electron chi connectivity index (χ1n) is 6.56. The largest absolute Gasteiger partial charge is 0.391 e. The molecule has 0 aliphatic rings. The third-order valence-electron chi connectivity index (χ3n) is 1.99. The number of hydrogen-bond acceptors (Lipinski definition) is 6. The molecule has 0 bridgehead atoms. The van der Waals surface area contributed by atoms with E-state index in [-0.39, 0.29) is 39.1 Å². The molecule has 0 rings (SSSR count). The second kappa shape index (κ2) is 9.63. The highest BCUT2D eigenvalue weighted by Crippen LogP contribution is 2.04. The van der Waals surface area contributed by atoms with Gasteiger partial charge in [0, 0.05) is 0 Å². The van der Waals surface area contributed by atoms with E-state index in [9.17, 15) is 10.2 Å². The highest BCUT2D eigenvalue weighted by molar-refractivity contribution is 4.65. The van der Waals surface area contributed by atoms with Gasteiger partial charge in [0.2, 0.25) is 0 Å². The quantitative estimate of drug-likeness (QED) is 0.491. The van der Waals surface area contributed by atoms with E-state index in [1.807, 2.05) is 0 Å². The summed E-state index contributed by atoms with van der Waals surface area (Å²) >= 11 is 0. The second-order valence-electron chi connectivity index (χ2n) is 5.52. The zero-order valence-corrected chi connectivity index (χ0v) is 12.3. The summed E-state index contributed by atoms with van der Waals surface area (Å²) in [4.78, 5) is 0. The van der Waals surface area contributed by atoms with Crippen molar-refractivity contribution in [1.29, 1.82) is 0 Å². The van der Waals surface area contributed by atoms with Crippen LogP contribution in [0.15, 0.2) is 0 Å². The SMILES string of the molecule is CC(O)COCC(COCC(C)(C)O)OCC(C)O. The molecule has 0 spiro atoms. The highest BCUT2D eigenvalue weighted by Gasteiger charge is 2.16. The summed E-state index contributed by atoms with van der Waals surface area (Å²) in [5, 5.41) is 27.8. The Morgan fingerprint density at radius 2 is 1.42 bits per heavy atom. The molecule has 0 aromatic rings. The van der Waals surface area contributed by atoms with Crippen molar-refractivity contribution in [1.82, 2.24) is 0 Å². The Balaban J connectivity index is 3.95. The zero-order chi connectivity index (χ0) is 14.9. The molecular weight excluding hydrogens is 252 g/mol. The molecule has 3 unspecified atom stereocenters. The molecule has 6 heteroatoms. The van der Waals surface area contributed by atoms with Gasteiger partial charge in [0.15, 0.2) is 0 Å². The standard InChI is InChI=1S/C13H28O6/c1-10(14)5-17-7-12(19-6-11(2)15)8-18-9-13(3,4)16/h10-12,14-16H,5-9H2,1-4H3. The lowest BCUT2D eigenvalue weighted by atomic mass is 10.2. The molecule has 3 atom stereocenters. The fourth-order valence-electron chi connectivity index (χ4n) is 1.23. The Bertz CT molecular complexity index is 212. The van der Waals surface area contributed by atoms with Crippen LogP contribution >= 0.6 is 0 Å². The Morgan fingerprint density at radius 1 is 0.895 bits per heavy atom. The molecule has 0 heterocycles. The van der Waals surface area contributed by atoms with E-state index < -0.39 is 17.8 Å². The molecule has 0 amide bonds. The third kappa shape index (κ3) is 14.0.